The van der Waals surface area contributed by atoms with E-state index in [2.05, 4.69) is 23.2 Å². The van der Waals surface area contributed by atoms with E-state index in [1.54, 1.807) is 0 Å². The Morgan fingerprint density at radius 2 is 2.26 bits per heavy atom. The lowest BCUT2D eigenvalue weighted by molar-refractivity contribution is 0.335. The molecule has 2 unspecified atom stereocenters. The van der Waals surface area contributed by atoms with Crippen LogP contribution in [0.4, 0.5) is 0 Å². The molecule has 1 heterocycles. The summed E-state index contributed by atoms with van der Waals surface area (Å²) in [6.07, 6.45) is 3.59. The lowest BCUT2D eigenvalue weighted by Crippen LogP contribution is -2.28. The van der Waals surface area contributed by atoms with E-state index < -0.39 is 0 Å². The van der Waals surface area contributed by atoms with Gasteiger partial charge in [0.25, 0.3) is 0 Å². The molecular weight excluding hydrogens is 236 g/mol. The Balaban J connectivity index is 1.55. The molecule has 2 aliphatic rings. The number of hydrogen-bond donors (Lipinski definition) is 2. The predicted molar refractivity (Wildman–Crippen MR) is 77.4 cm³/mol. The topological polar surface area (TPSA) is 35.5 Å². The molecule has 3 rings (SSSR count). The van der Waals surface area contributed by atoms with Gasteiger partial charge in [0.05, 0.1) is 0 Å². The van der Waals surface area contributed by atoms with Crippen molar-refractivity contribution in [2.45, 2.75) is 32.2 Å². The summed E-state index contributed by atoms with van der Waals surface area (Å²) < 4.78 is 0. The van der Waals surface area contributed by atoms with E-state index in [1.807, 2.05) is 12.1 Å². The van der Waals surface area contributed by atoms with Crippen molar-refractivity contribution in [3.63, 3.8) is 0 Å². The van der Waals surface area contributed by atoms with Crippen LogP contribution in [0.1, 0.15) is 36.9 Å². The van der Waals surface area contributed by atoms with Gasteiger partial charge in [0, 0.05) is 12.6 Å². The van der Waals surface area contributed by atoms with Crippen LogP contribution in [0.15, 0.2) is 18.2 Å². The zero-order valence-corrected chi connectivity index (χ0v) is 11.7. The Hall–Kier alpha value is -1.06. The molecule has 1 aliphatic heterocycles. The van der Waals surface area contributed by atoms with Gasteiger partial charge in [-0.3, -0.25) is 0 Å². The van der Waals surface area contributed by atoms with Gasteiger partial charge in [0.2, 0.25) is 0 Å². The second-order valence-electron chi connectivity index (χ2n) is 5.93. The molecule has 0 aromatic heterocycles. The van der Waals surface area contributed by atoms with Crippen LogP contribution >= 0.6 is 0 Å². The third kappa shape index (κ3) is 2.77. The van der Waals surface area contributed by atoms with Crippen molar-refractivity contribution in [1.82, 2.24) is 10.2 Å². The highest BCUT2D eigenvalue weighted by Crippen LogP contribution is 2.33. The minimum atomic E-state index is 0.397. The molecule has 19 heavy (non-hydrogen) atoms. The maximum Gasteiger partial charge on any atom is 0.115 e. The van der Waals surface area contributed by atoms with Crippen LogP contribution < -0.4 is 5.32 Å². The minimum absolute atomic E-state index is 0.397. The van der Waals surface area contributed by atoms with Crippen molar-refractivity contribution in [3.8, 4) is 5.75 Å². The smallest absolute Gasteiger partial charge is 0.115 e. The van der Waals surface area contributed by atoms with Crippen molar-refractivity contribution in [3.05, 3.63) is 29.3 Å². The van der Waals surface area contributed by atoms with Crippen molar-refractivity contribution >= 4 is 0 Å². The molecule has 1 aromatic rings. The SMILES string of the molecule is CCN1CCC(CNC2CCc3cc(O)ccc32)C1. The molecule has 0 radical (unpaired) electrons. The number of fused-ring (bicyclic) bond motifs is 1. The molecule has 2 N–H and O–H groups in total. The van der Waals surface area contributed by atoms with Crippen molar-refractivity contribution < 1.29 is 5.11 Å². The molecular formula is C16H24N2O. The van der Waals surface area contributed by atoms with Crippen molar-refractivity contribution in [1.29, 1.82) is 0 Å². The number of benzene rings is 1. The molecule has 0 amide bonds. The molecule has 2 atom stereocenters. The number of likely N-dealkylation sites (tertiary alicyclic amines) is 1. The summed E-state index contributed by atoms with van der Waals surface area (Å²) in [5.74, 6) is 1.20. The number of nitrogens with zero attached hydrogens (tertiary/aromatic N) is 1. The highest BCUT2D eigenvalue weighted by molar-refractivity contribution is 5.40. The average Bonchev–Trinajstić information content (AvgIpc) is 3.02. The van der Waals surface area contributed by atoms with Crippen LogP contribution in [0.25, 0.3) is 0 Å². The van der Waals surface area contributed by atoms with Gasteiger partial charge in [-0.05, 0) is 68.1 Å². The Labute approximate surface area is 115 Å². The van der Waals surface area contributed by atoms with Gasteiger partial charge in [-0.2, -0.15) is 0 Å². The Morgan fingerprint density at radius 3 is 3.05 bits per heavy atom. The van der Waals surface area contributed by atoms with E-state index >= 15 is 0 Å². The standard InChI is InChI=1S/C16H24N2O/c1-2-18-8-7-12(11-18)10-17-16-6-3-13-9-14(19)4-5-15(13)16/h4-5,9,12,16-17,19H,2-3,6-8,10-11H2,1H3. The van der Waals surface area contributed by atoms with Crippen LogP contribution in [0, 0.1) is 5.92 Å². The van der Waals surface area contributed by atoms with Gasteiger partial charge in [-0.25, -0.2) is 0 Å². The lowest BCUT2D eigenvalue weighted by Gasteiger charge is -2.18. The fourth-order valence-electron chi connectivity index (χ4n) is 3.49. The first-order valence-electron chi connectivity index (χ1n) is 7.53. The fraction of sp³-hybridized carbons (Fsp3) is 0.625. The number of phenolic OH excluding ortho intramolecular Hbond substituents is 1. The first kappa shape index (κ1) is 12.9. The van der Waals surface area contributed by atoms with Crippen molar-refractivity contribution in [2.75, 3.05) is 26.2 Å². The number of hydrogen-bond acceptors (Lipinski definition) is 3. The summed E-state index contributed by atoms with van der Waals surface area (Å²) in [6.45, 7) is 7.07. The molecule has 104 valence electrons. The van der Waals surface area contributed by atoms with Gasteiger partial charge in [0.15, 0.2) is 0 Å². The maximum absolute atomic E-state index is 9.52. The minimum Gasteiger partial charge on any atom is -0.508 e. The second kappa shape index (κ2) is 5.51. The van der Waals surface area contributed by atoms with E-state index in [4.69, 9.17) is 0 Å². The maximum atomic E-state index is 9.52. The Kier molecular flexibility index (Phi) is 3.76. The quantitative estimate of drug-likeness (QED) is 0.872. The second-order valence-corrected chi connectivity index (χ2v) is 5.93. The van der Waals surface area contributed by atoms with Gasteiger partial charge >= 0.3 is 0 Å². The molecule has 3 nitrogen and oxygen atoms in total. The molecule has 1 aliphatic carbocycles. The molecule has 1 fully saturated rings. The summed E-state index contributed by atoms with van der Waals surface area (Å²) in [7, 11) is 0. The van der Waals surface area contributed by atoms with E-state index in [-0.39, 0.29) is 0 Å². The summed E-state index contributed by atoms with van der Waals surface area (Å²) in [5, 5.41) is 13.3. The third-order valence-corrected chi connectivity index (χ3v) is 4.67. The molecule has 1 aromatic carbocycles. The average molecular weight is 260 g/mol. The summed E-state index contributed by atoms with van der Waals surface area (Å²) in [6, 6.07) is 6.31. The zero-order chi connectivity index (χ0) is 13.2. The molecule has 0 spiro atoms. The van der Waals surface area contributed by atoms with Crippen LogP contribution in [-0.4, -0.2) is 36.2 Å². The normalized spacial score (nSPS) is 26.8. The lowest BCUT2D eigenvalue weighted by atomic mass is 10.1. The highest BCUT2D eigenvalue weighted by Gasteiger charge is 2.25. The molecule has 1 saturated heterocycles. The molecule has 0 bridgehead atoms. The van der Waals surface area contributed by atoms with Gasteiger partial charge < -0.3 is 15.3 Å². The number of nitrogens with one attached hydrogen (secondary N) is 1. The number of aromatic hydroxyl groups is 1. The van der Waals surface area contributed by atoms with Crippen LogP contribution in [-0.2, 0) is 6.42 Å². The van der Waals surface area contributed by atoms with E-state index in [9.17, 15) is 5.11 Å². The van der Waals surface area contributed by atoms with Gasteiger partial charge in [0.1, 0.15) is 5.75 Å². The first-order chi connectivity index (χ1) is 9.26. The molecule has 3 heteroatoms. The van der Waals surface area contributed by atoms with Crippen LogP contribution in [0.3, 0.4) is 0 Å². The number of aryl methyl sites for hydroxylation is 1. The number of rotatable bonds is 4. The van der Waals surface area contributed by atoms with E-state index in [0.717, 1.165) is 18.9 Å². The fourth-order valence-corrected chi connectivity index (χ4v) is 3.49. The van der Waals surface area contributed by atoms with E-state index in [1.165, 1.54) is 43.6 Å². The first-order valence-corrected chi connectivity index (χ1v) is 7.53. The van der Waals surface area contributed by atoms with Crippen LogP contribution in [0.2, 0.25) is 0 Å². The number of phenols is 1. The third-order valence-electron chi connectivity index (χ3n) is 4.67. The summed E-state index contributed by atoms with van der Waals surface area (Å²) >= 11 is 0. The highest BCUT2D eigenvalue weighted by atomic mass is 16.3. The summed E-state index contributed by atoms with van der Waals surface area (Å²) in [4.78, 5) is 2.53. The Morgan fingerprint density at radius 1 is 1.37 bits per heavy atom. The van der Waals surface area contributed by atoms with Gasteiger partial charge in [-0.1, -0.05) is 13.0 Å². The van der Waals surface area contributed by atoms with Gasteiger partial charge in [-0.15, -0.1) is 0 Å². The van der Waals surface area contributed by atoms with Crippen molar-refractivity contribution in [2.24, 2.45) is 5.92 Å². The largest absolute Gasteiger partial charge is 0.508 e. The zero-order valence-electron chi connectivity index (χ0n) is 11.7. The molecule has 0 saturated carbocycles. The predicted octanol–water partition coefficient (Wildman–Crippen LogP) is 2.31. The van der Waals surface area contributed by atoms with E-state index in [0.29, 0.717) is 11.8 Å². The van der Waals surface area contributed by atoms with Crippen LogP contribution in [0.5, 0.6) is 5.75 Å². The monoisotopic (exact) mass is 260 g/mol. The Bertz CT molecular complexity index is 446. The summed E-state index contributed by atoms with van der Waals surface area (Å²) in [5.41, 5.74) is 2.71.